The van der Waals surface area contributed by atoms with Gasteiger partial charge in [-0.2, -0.15) is 0 Å². The highest BCUT2D eigenvalue weighted by Crippen LogP contribution is 2.40. The minimum Gasteiger partial charge on any atom is -0.490 e. The molecule has 4 rings (SSSR count). The van der Waals surface area contributed by atoms with Crippen molar-refractivity contribution in [1.29, 1.82) is 0 Å². The zero-order valence-electron chi connectivity index (χ0n) is 20.9. The Hall–Kier alpha value is -4.20. The van der Waals surface area contributed by atoms with Gasteiger partial charge in [0.2, 0.25) is 5.75 Å². The second-order valence-corrected chi connectivity index (χ2v) is 8.05. The van der Waals surface area contributed by atoms with E-state index in [0.717, 1.165) is 5.56 Å². The maximum atomic E-state index is 13.0. The van der Waals surface area contributed by atoms with Gasteiger partial charge < -0.3 is 29.2 Å². The predicted molar refractivity (Wildman–Crippen MR) is 137 cm³/mol. The van der Waals surface area contributed by atoms with E-state index in [4.69, 9.17) is 18.9 Å². The van der Waals surface area contributed by atoms with Crippen molar-refractivity contribution in [3.63, 3.8) is 0 Å². The molecule has 1 N–H and O–H groups in total. The summed E-state index contributed by atoms with van der Waals surface area (Å²) in [6.45, 7) is 7.34. The van der Waals surface area contributed by atoms with Gasteiger partial charge in [0, 0.05) is 19.2 Å². The number of benzene rings is 3. The van der Waals surface area contributed by atoms with Crippen LogP contribution in [0.5, 0.6) is 28.7 Å². The van der Waals surface area contributed by atoms with Gasteiger partial charge in [-0.05, 0) is 68.8 Å². The van der Waals surface area contributed by atoms with Crippen molar-refractivity contribution in [2.75, 3.05) is 31.8 Å². The molecule has 1 heterocycles. The number of ether oxygens (including phenoxy) is 4. The fraction of sp³-hybridized carbons (Fsp3) is 0.286. The Balaban J connectivity index is 1.55. The highest BCUT2D eigenvalue weighted by Gasteiger charge is 2.26. The van der Waals surface area contributed by atoms with E-state index >= 15 is 0 Å². The first kappa shape index (κ1) is 24.9. The van der Waals surface area contributed by atoms with Gasteiger partial charge in [0.15, 0.2) is 17.2 Å². The molecule has 0 saturated heterocycles. The molecule has 0 bridgehead atoms. The van der Waals surface area contributed by atoms with E-state index in [1.54, 1.807) is 43.4 Å². The molecule has 0 fully saturated rings. The molecule has 8 nitrogen and oxygen atoms in total. The molecule has 3 aromatic rings. The molecule has 0 unspecified atom stereocenters. The van der Waals surface area contributed by atoms with Gasteiger partial charge in [-0.15, -0.1) is 0 Å². The summed E-state index contributed by atoms with van der Waals surface area (Å²) in [5, 5.41) is 2.94. The smallest absolute Gasteiger partial charge is 0.261 e. The molecule has 0 spiro atoms. The third-order valence-corrected chi connectivity index (χ3v) is 5.65. The summed E-state index contributed by atoms with van der Waals surface area (Å²) in [5.41, 5.74) is 2.19. The Morgan fingerprint density at radius 1 is 0.889 bits per heavy atom. The van der Waals surface area contributed by atoms with Crippen LogP contribution in [0.25, 0.3) is 0 Å². The molecule has 188 valence electrons. The lowest BCUT2D eigenvalue weighted by molar-refractivity contribution is 0.0948. The van der Waals surface area contributed by atoms with Crippen LogP contribution in [0.4, 0.5) is 5.69 Å². The monoisotopic (exact) mass is 490 g/mol. The number of fused-ring (bicyclic) bond motifs is 2. The number of carbonyl (C=O) groups is 2. The highest BCUT2D eigenvalue weighted by molar-refractivity contribution is 6.10. The van der Waals surface area contributed by atoms with Crippen LogP contribution in [0.2, 0.25) is 0 Å². The van der Waals surface area contributed by atoms with E-state index < -0.39 is 0 Å². The first-order valence-corrected chi connectivity index (χ1v) is 12.0. The zero-order chi connectivity index (χ0) is 25.7. The van der Waals surface area contributed by atoms with Crippen LogP contribution < -0.4 is 29.2 Å². The summed E-state index contributed by atoms with van der Waals surface area (Å²) in [7, 11) is 1.67. The van der Waals surface area contributed by atoms with Gasteiger partial charge in [-0.1, -0.05) is 12.1 Å². The molecule has 1 aliphatic heterocycles. The van der Waals surface area contributed by atoms with Crippen molar-refractivity contribution < 1.29 is 28.5 Å². The standard InChI is InChI=1S/C28H30N2O6/c1-5-33-24-14-18(15-25(34-6-2)26(24)35-7-3)17-29-27(31)19-12-13-23-21(16-19)30(4)28(32)20-10-8-9-11-22(20)36-23/h8-16H,5-7,17H2,1-4H3,(H,29,31). The fourth-order valence-corrected chi connectivity index (χ4v) is 3.98. The zero-order valence-corrected chi connectivity index (χ0v) is 20.9. The number of hydrogen-bond donors (Lipinski definition) is 1. The summed E-state index contributed by atoms with van der Waals surface area (Å²) in [6, 6.07) is 15.8. The lowest BCUT2D eigenvalue weighted by Crippen LogP contribution is -2.26. The largest absolute Gasteiger partial charge is 0.490 e. The Labute approximate surface area is 210 Å². The van der Waals surface area contributed by atoms with Crippen LogP contribution in [-0.2, 0) is 6.54 Å². The summed E-state index contributed by atoms with van der Waals surface area (Å²) in [4.78, 5) is 27.5. The number of carbonyl (C=O) groups excluding carboxylic acids is 2. The molecule has 8 heteroatoms. The van der Waals surface area contributed by atoms with Crippen molar-refractivity contribution in [2.45, 2.75) is 27.3 Å². The minimum atomic E-state index is -0.287. The first-order valence-electron chi connectivity index (χ1n) is 12.0. The Kier molecular flexibility index (Phi) is 7.63. The molecule has 0 aromatic heterocycles. The molecular weight excluding hydrogens is 460 g/mol. The quantitative estimate of drug-likeness (QED) is 0.444. The van der Waals surface area contributed by atoms with Crippen molar-refractivity contribution in [2.24, 2.45) is 0 Å². The number of nitrogens with zero attached hydrogens (tertiary/aromatic N) is 1. The normalized spacial score (nSPS) is 12.1. The first-order chi connectivity index (χ1) is 17.5. The van der Waals surface area contributed by atoms with Gasteiger partial charge in [-0.25, -0.2) is 0 Å². The van der Waals surface area contributed by atoms with E-state index in [1.807, 2.05) is 39.0 Å². The molecular formula is C28H30N2O6. The van der Waals surface area contributed by atoms with Crippen molar-refractivity contribution in [3.05, 3.63) is 71.3 Å². The third kappa shape index (κ3) is 5.07. The molecule has 0 radical (unpaired) electrons. The van der Waals surface area contributed by atoms with Gasteiger partial charge in [0.05, 0.1) is 31.1 Å². The summed E-state index contributed by atoms with van der Waals surface area (Å²) in [5.74, 6) is 2.18. The molecule has 36 heavy (non-hydrogen) atoms. The molecule has 0 aliphatic carbocycles. The average molecular weight is 491 g/mol. The Morgan fingerprint density at radius 3 is 2.22 bits per heavy atom. The van der Waals surface area contributed by atoms with Gasteiger partial charge in [-0.3, -0.25) is 9.59 Å². The lowest BCUT2D eigenvalue weighted by atomic mass is 10.1. The minimum absolute atomic E-state index is 0.205. The topological polar surface area (TPSA) is 86.3 Å². The van der Waals surface area contributed by atoms with Crippen LogP contribution >= 0.6 is 0 Å². The second-order valence-electron chi connectivity index (χ2n) is 8.05. The number of nitrogens with one attached hydrogen (secondary N) is 1. The van der Waals surface area contributed by atoms with Gasteiger partial charge in [0.25, 0.3) is 11.8 Å². The van der Waals surface area contributed by atoms with E-state index in [0.29, 0.717) is 65.4 Å². The van der Waals surface area contributed by atoms with Crippen LogP contribution in [-0.4, -0.2) is 38.7 Å². The number of para-hydroxylation sites is 1. The van der Waals surface area contributed by atoms with E-state index in [-0.39, 0.29) is 18.4 Å². The van der Waals surface area contributed by atoms with Crippen molar-refractivity contribution in [3.8, 4) is 28.7 Å². The highest BCUT2D eigenvalue weighted by atomic mass is 16.5. The van der Waals surface area contributed by atoms with Crippen LogP contribution in [0.15, 0.2) is 54.6 Å². The van der Waals surface area contributed by atoms with Crippen LogP contribution in [0.3, 0.4) is 0 Å². The average Bonchev–Trinajstić information content (AvgIpc) is 2.99. The van der Waals surface area contributed by atoms with Gasteiger partial charge in [0.1, 0.15) is 5.75 Å². The summed E-state index contributed by atoms with van der Waals surface area (Å²) in [6.07, 6.45) is 0. The second kappa shape index (κ2) is 11.0. The van der Waals surface area contributed by atoms with Gasteiger partial charge >= 0.3 is 0 Å². The lowest BCUT2D eigenvalue weighted by Gasteiger charge is -2.18. The molecule has 0 atom stereocenters. The number of hydrogen-bond acceptors (Lipinski definition) is 6. The number of anilines is 1. The summed E-state index contributed by atoms with van der Waals surface area (Å²) >= 11 is 0. The van der Waals surface area contributed by atoms with E-state index in [9.17, 15) is 9.59 Å². The Morgan fingerprint density at radius 2 is 1.56 bits per heavy atom. The third-order valence-electron chi connectivity index (χ3n) is 5.65. The number of rotatable bonds is 9. The maximum Gasteiger partial charge on any atom is 0.261 e. The molecule has 3 aromatic carbocycles. The predicted octanol–water partition coefficient (Wildman–Crippen LogP) is 5.20. The van der Waals surface area contributed by atoms with Crippen LogP contribution in [0.1, 0.15) is 47.1 Å². The molecule has 0 saturated carbocycles. The van der Waals surface area contributed by atoms with Crippen molar-refractivity contribution in [1.82, 2.24) is 5.32 Å². The van der Waals surface area contributed by atoms with Crippen LogP contribution in [0, 0.1) is 0 Å². The molecule has 1 aliphatic rings. The SMILES string of the molecule is CCOc1cc(CNC(=O)c2ccc3c(c2)N(C)C(=O)c2ccccc2O3)cc(OCC)c1OCC. The van der Waals surface area contributed by atoms with E-state index in [2.05, 4.69) is 5.32 Å². The fourth-order valence-electron chi connectivity index (χ4n) is 3.98. The van der Waals surface area contributed by atoms with E-state index in [1.165, 1.54) is 4.90 Å². The molecule has 2 amide bonds. The van der Waals surface area contributed by atoms with Crippen molar-refractivity contribution >= 4 is 17.5 Å². The summed E-state index contributed by atoms with van der Waals surface area (Å²) < 4.78 is 23.2. The maximum absolute atomic E-state index is 13.0. The Bertz CT molecular complexity index is 1250. The number of amides is 2.